The van der Waals surface area contributed by atoms with Gasteiger partial charge in [-0.1, -0.05) is 23.7 Å². The van der Waals surface area contributed by atoms with Crippen LogP contribution in [0.25, 0.3) is 6.08 Å². The van der Waals surface area contributed by atoms with Gasteiger partial charge in [-0.05, 0) is 30.4 Å². The van der Waals surface area contributed by atoms with Crippen LogP contribution in [0.3, 0.4) is 0 Å². The molecule has 0 saturated carbocycles. The average molecular weight is 346 g/mol. The van der Waals surface area contributed by atoms with Crippen molar-refractivity contribution in [2.45, 2.75) is 0 Å². The van der Waals surface area contributed by atoms with Gasteiger partial charge in [-0.25, -0.2) is 0 Å². The van der Waals surface area contributed by atoms with Gasteiger partial charge in [0.05, 0.1) is 4.92 Å². The topological polar surface area (TPSA) is 78.7 Å². The van der Waals surface area contributed by atoms with Gasteiger partial charge < -0.3 is 9.47 Å². The van der Waals surface area contributed by atoms with Gasteiger partial charge in [0, 0.05) is 17.2 Å². The molecule has 0 radical (unpaired) electrons. The minimum atomic E-state index is -0.623. The Morgan fingerprint density at radius 1 is 1.21 bits per heavy atom. The van der Waals surface area contributed by atoms with Crippen molar-refractivity contribution >= 4 is 29.1 Å². The van der Waals surface area contributed by atoms with E-state index in [1.807, 2.05) is 0 Å². The molecule has 2 aromatic carbocycles. The number of carbonyl (C=O) groups excluding carboxylic acids is 1. The highest BCUT2D eigenvalue weighted by molar-refractivity contribution is 6.32. The first-order valence-electron chi connectivity index (χ1n) is 7.11. The highest BCUT2D eigenvalue weighted by atomic mass is 35.5. The van der Waals surface area contributed by atoms with Crippen molar-refractivity contribution < 1.29 is 19.2 Å². The summed E-state index contributed by atoms with van der Waals surface area (Å²) >= 11 is 5.75. The molecule has 0 spiro atoms. The first kappa shape index (κ1) is 16.0. The monoisotopic (exact) mass is 345 g/mol. The smallest absolute Gasteiger partial charge is 0.288 e. The fourth-order valence-corrected chi connectivity index (χ4v) is 2.48. The standard InChI is InChI=1S/C17H12ClNO5/c18-13-6-4-12(10-14(13)19(21)22)15(20)7-5-11-2-1-3-16-17(11)24-9-8-23-16/h1-7,10H,8-9H2/b7-5+. The summed E-state index contributed by atoms with van der Waals surface area (Å²) in [6.07, 6.45) is 2.93. The van der Waals surface area contributed by atoms with Crippen LogP contribution in [0.15, 0.2) is 42.5 Å². The summed E-state index contributed by atoms with van der Waals surface area (Å²) < 4.78 is 11.0. The number of rotatable bonds is 4. The fourth-order valence-electron chi connectivity index (χ4n) is 2.30. The van der Waals surface area contributed by atoms with Gasteiger partial charge in [0.1, 0.15) is 18.2 Å². The molecule has 6 nitrogen and oxygen atoms in total. The molecule has 3 rings (SSSR count). The number of nitro benzene ring substituents is 1. The van der Waals surface area contributed by atoms with E-state index in [1.165, 1.54) is 18.2 Å². The largest absolute Gasteiger partial charge is 0.486 e. The lowest BCUT2D eigenvalue weighted by Gasteiger charge is -2.19. The number of para-hydroxylation sites is 1. The summed E-state index contributed by atoms with van der Waals surface area (Å²) in [4.78, 5) is 22.5. The number of ether oxygens (including phenoxy) is 2. The second-order valence-corrected chi connectivity index (χ2v) is 5.40. The van der Waals surface area contributed by atoms with Crippen molar-refractivity contribution in [1.29, 1.82) is 0 Å². The zero-order valence-electron chi connectivity index (χ0n) is 12.4. The van der Waals surface area contributed by atoms with Gasteiger partial charge >= 0.3 is 0 Å². The molecule has 0 unspecified atom stereocenters. The molecule has 1 heterocycles. The van der Waals surface area contributed by atoms with Crippen LogP contribution in [0.4, 0.5) is 5.69 Å². The van der Waals surface area contributed by atoms with Crippen LogP contribution in [0.1, 0.15) is 15.9 Å². The van der Waals surface area contributed by atoms with Crippen molar-refractivity contribution in [2.75, 3.05) is 13.2 Å². The number of nitrogens with zero attached hydrogens (tertiary/aromatic N) is 1. The third-order valence-electron chi connectivity index (χ3n) is 3.44. The van der Waals surface area contributed by atoms with E-state index in [-0.39, 0.29) is 22.1 Å². The van der Waals surface area contributed by atoms with E-state index in [1.54, 1.807) is 24.3 Å². The summed E-state index contributed by atoms with van der Waals surface area (Å²) in [6.45, 7) is 0.919. The SMILES string of the molecule is O=C(/C=C/c1cccc2c1OCCO2)c1ccc(Cl)c([N+](=O)[O-])c1. The molecule has 2 aromatic rings. The van der Waals surface area contributed by atoms with Gasteiger partial charge in [0.2, 0.25) is 0 Å². The summed E-state index contributed by atoms with van der Waals surface area (Å²) in [5.41, 5.74) is 0.582. The van der Waals surface area contributed by atoms with Crippen molar-refractivity contribution in [1.82, 2.24) is 0 Å². The second-order valence-electron chi connectivity index (χ2n) is 4.99. The summed E-state index contributed by atoms with van der Waals surface area (Å²) in [7, 11) is 0. The molecule has 1 aliphatic rings. The van der Waals surface area contributed by atoms with Crippen molar-refractivity contribution in [3.05, 3.63) is 68.7 Å². The molecule has 24 heavy (non-hydrogen) atoms. The Kier molecular flexibility index (Phi) is 4.48. The van der Waals surface area contributed by atoms with Gasteiger partial charge in [-0.3, -0.25) is 14.9 Å². The number of halogens is 1. The molecule has 0 aromatic heterocycles. The molecule has 0 saturated heterocycles. The molecule has 0 fully saturated rings. The highest BCUT2D eigenvalue weighted by Gasteiger charge is 2.16. The zero-order valence-corrected chi connectivity index (χ0v) is 13.2. The van der Waals surface area contributed by atoms with Crippen molar-refractivity contribution in [3.8, 4) is 11.5 Å². The Balaban J connectivity index is 1.86. The molecular weight excluding hydrogens is 334 g/mol. The second kappa shape index (κ2) is 6.72. The third kappa shape index (κ3) is 3.23. The predicted molar refractivity (Wildman–Crippen MR) is 88.9 cm³/mol. The Hall–Kier alpha value is -2.86. The van der Waals surface area contributed by atoms with E-state index in [4.69, 9.17) is 21.1 Å². The molecule has 0 amide bonds. The van der Waals surface area contributed by atoms with E-state index < -0.39 is 4.92 Å². The Morgan fingerprint density at radius 2 is 2.00 bits per heavy atom. The van der Waals surface area contributed by atoms with E-state index in [0.717, 1.165) is 6.07 Å². The minimum Gasteiger partial charge on any atom is -0.486 e. The molecule has 7 heteroatoms. The maximum atomic E-state index is 12.2. The number of hydrogen-bond donors (Lipinski definition) is 0. The van der Waals surface area contributed by atoms with Crippen LogP contribution in [0.2, 0.25) is 5.02 Å². The Morgan fingerprint density at radius 3 is 2.79 bits per heavy atom. The van der Waals surface area contributed by atoms with Crippen LogP contribution in [-0.2, 0) is 0 Å². The lowest BCUT2D eigenvalue weighted by molar-refractivity contribution is -0.384. The molecule has 0 bridgehead atoms. The number of carbonyl (C=O) groups is 1. The molecule has 0 N–H and O–H groups in total. The molecule has 0 atom stereocenters. The minimum absolute atomic E-state index is 0.0109. The number of hydrogen-bond acceptors (Lipinski definition) is 5. The first-order chi connectivity index (χ1) is 11.6. The quantitative estimate of drug-likeness (QED) is 0.363. The van der Waals surface area contributed by atoms with E-state index >= 15 is 0 Å². The normalized spacial score (nSPS) is 13.0. The fraction of sp³-hybridized carbons (Fsp3) is 0.118. The molecule has 0 aliphatic carbocycles. The van der Waals surface area contributed by atoms with E-state index in [2.05, 4.69) is 0 Å². The Bertz CT molecular complexity index is 847. The molecule has 122 valence electrons. The van der Waals surface area contributed by atoms with Crippen LogP contribution in [0.5, 0.6) is 11.5 Å². The lowest BCUT2D eigenvalue weighted by Crippen LogP contribution is -2.15. The maximum absolute atomic E-state index is 12.2. The van der Waals surface area contributed by atoms with Crippen molar-refractivity contribution in [3.63, 3.8) is 0 Å². The van der Waals surface area contributed by atoms with Crippen LogP contribution >= 0.6 is 11.6 Å². The maximum Gasteiger partial charge on any atom is 0.288 e. The zero-order chi connectivity index (χ0) is 17.1. The number of benzene rings is 2. The predicted octanol–water partition coefficient (Wildman–Crippen LogP) is 3.92. The van der Waals surface area contributed by atoms with Gasteiger partial charge in [-0.2, -0.15) is 0 Å². The van der Waals surface area contributed by atoms with Gasteiger partial charge in [0.25, 0.3) is 5.69 Å². The highest BCUT2D eigenvalue weighted by Crippen LogP contribution is 2.34. The van der Waals surface area contributed by atoms with Crippen LogP contribution < -0.4 is 9.47 Å². The lowest BCUT2D eigenvalue weighted by atomic mass is 10.1. The first-order valence-corrected chi connectivity index (χ1v) is 7.49. The van der Waals surface area contributed by atoms with Crippen molar-refractivity contribution in [2.24, 2.45) is 0 Å². The average Bonchev–Trinajstić information content (AvgIpc) is 2.59. The number of allylic oxidation sites excluding steroid dienone is 1. The number of ketones is 1. The molecular formula is C17H12ClNO5. The number of fused-ring (bicyclic) bond motifs is 1. The third-order valence-corrected chi connectivity index (χ3v) is 3.76. The number of nitro groups is 1. The summed E-state index contributed by atoms with van der Waals surface area (Å²) in [5.74, 6) is 0.831. The molecule has 1 aliphatic heterocycles. The van der Waals surface area contributed by atoms with Crippen LogP contribution in [0, 0.1) is 10.1 Å². The van der Waals surface area contributed by atoms with E-state index in [9.17, 15) is 14.9 Å². The Labute approximate surface area is 142 Å². The summed E-state index contributed by atoms with van der Waals surface area (Å²) in [5, 5.41) is 10.9. The van der Waals surface area contributed by atoms with Gasteiger partial charge in [0.15, 0.2) is 17.3 Å². The van der Waals surface area contributed by atoms with Crippen LogP contribution in [-0.4, -0.2) is 23.9 Å². The van der Waals surface area contributed by atoms with Gasteiger partial charge in [-0.15, -0.1) is 0 Å². The summed E-state index contributed by atoms with van der Waals surface area (Å²) in [6, 6.07) is 9.32. The van der Waals surface area contributed by atoms with E-state index in [0.29, 0.717) is 30.3 Å².